The Labute approximate surface area is 126 Å². The maximum Gasteiger partial charge on any atom is 0.242 e. The molecule has 0 fully saturated rings. The molecule has 6 nitrogen and oxygen atoms in total. The predicted molar refractivity (Wildman–Crippen MR) is 83.1 cm³/mol. The number of hydrogen-bond donors (Lipinski definition) is 2. The van der Waals surface area contributed by atoms with Crippen molar-refractivity contribution in [2.24, 2.45) is 0 Å². The van der Waals surface area contributed by atoms with Gasteiger partial charge in [-0.1, -0.05) is 12.1 Å². The van der Waals surface area contributed by atoms with E-state index in [9.17, 15) is 8.42 Å². The molecule has 0 saturated heterocycles. The summed E-state index contributed by atoms with van der Waals surface area (Å²) in [7, 11) is -1.89. The zero-order valence-corrected chi connectivity index (χ0v) is 13.4. The zero-order chi connectivity index (χ0) is 15.6. The minimum absolute atomic E-state index is 0.271. The zero-order valence-electron chi connectivity index (χ0n) is 12.6. The van der Waals surface area contributed by atoms with Gasteiger partial charge >= 0.3 is 0 Å². The SMILES string of the molecule is CCNc1ccccc1S(=O)(=O)NCCCOCCOC. The summed E-state index contributed by atoms with van der Waals surface area (Å²) in [6.45, 7) is 4.50. The molecule has 1 rings (SSSR count). The van der Waals surface area contributed by atoms with Crippen LogP contribution in [0, 0.1) is 0 Å². The number of sulfonamides is 1. The fourth-order valence-corrected chi connectivity index (χ4v) is 3.00. The minimum Gasteiger partial charge on any atom is -0.384 e. The van der Waals surface area contributed by atoms with Gasteiger partial charge in [0.25, 0.3) is 0 Å². The standard InChI is InChI=1S/C14H24N2O4S/c1-3-15-13-7-4-5-8-14(13)21(17,18)16-9-6-10-20-12-11-19-2/h4-5,7-8,15-16H,3,6,9-12H2,1-2H3. The molecule has 0 aliphatic carbocycles. The van der Waals surface area contributed by atoms with E-state index in [2.05, 4.69) is 10.0 Å². The van der Waals surface area contributed by atoms with Crippen molar-refractivity contribution in [3.05, 3.63) is 24.3 Å². The van der Waals surface area contributed by atoms with Gasteiger partial charge in [0.2, 0.25) is 10.0 Å². The molecule has 0 bridgehead atoms. The monoisotopic (exact) mass is 316 g/mol. The normalized spacial score (nSPS) is 11.5. The number of anilines is 1. The number of rotatable bonds is 11. The third-order valence-corrected chi connectivity index (χ3v) is 4.25. The summed E-state index contributed by atoms with van der Waals surface area (Å²) >= 11 is 0. The van der Waals surface area contributed by atoms with Gasteiger partial charge < -0.3 is 14.8 Å². The summed E-state index contributed by atoms with van der Waals surface area (Å²) in [5, 5.41) is 3.05. The summed E-state index contributed by atoms with van der Waals surface area (Å²) in [6.07, 6.45) is 0.617. The molecular formula is C14H24N2O4S. The molecule has 1 aromatic rings. The first-order valence-electron chi connectivity index (χ1n) is 7.01. The quantitative estimate of drug-likeness (QED) is 0.604. The molecule has 21 heavy (non-hydrogen) atoms. The fraction of sp³-hybridized carbons (Fsp3) is 0.571. The van der Waals surface area contributed by atoms with E-state index in [1.807, 2.05) is 6.92 Å². The minimum atomic E-state index is -3.50. The van der Waals surface area contributed by atoms with E-state index in [0.29, 0.717) is 45.0 Å². The molecule has 0 atom stereocenters. The molecule has 0 amide bonds. The second-order valence-corrected chi connectivity index (χ2v) is 6.12. The molecule has 0 aromatic heterocycles. The molecule has 0 spiro atoms. The van der Waals surface area contributed by atoms with Crippen LogP contribution < -0.4 is 10.0 Å². The lowest BCUT2D eigenvalue weighted by atomic mass is 10.3. The molecule has 0 aliphatic heterocycles. The third-order valence-electron chi connectivity index (χ3n) is 2.73. The van der Waals surface area contributed by atoms with Crippen molar-refractivity contribution in [3.63, 3.8) is 0 Å². The lowest BCUT2D eigenvalue weighted by Crippen LogP contribution is -2.26. The maximum absolute atomic E-state index is 12.3. The van der Waals surface area contributed by atoms with Crippen molar-refractivity contribution < 1.29 is 17.9 Å². The van der Waals surface area contributed by atoms with E-state index < -0.39 is 10.0 Å². The van der Waals surface area contributed by atoms with Crippen LogP contribution in [-0.4, -0.2) is 48.4 Å². The van der Waals surface area contributed by atoms with Crippen molar-refractivity contribution >= 4 is 15.7 Å². The lowest BCUT2D eigenvalue weighted by Gasteiger charge is -2.12. The summed E-state index contributed by atoms with van der Waals surface area (Å²) in [4.78, 5) is 0.271. The van der Waals surface area contributed by atoms with Crippen molar-refractivity contribution in [1.29, 1.82) is 0 Å². The van der Waals surface area contributed by atoms with E-state index in [0.717, 1.165) is 0 Å². The predicted octanol–water partition coefficient (Wildman–Crippen LogP) is 1.45. The largest absolute Gasteiger partial charge is 0.384 e. The van der Waals surface area contributed by atoms with E-state index in [1.54, 1.807) is 31.4 Å². The van der Waals surface area contributed by atoms with Gasteiger partial charge in [0.05, 0.1) is 18.9 Å². The molecule has 7 heteroatoms. The van der Waals surface area contributed by atoms with E-state index >= 15 is 0 Å². The number of ether oxygens (including phenoxy) is 2. The van der Waals surface area contributed by atoms with Crippen LogP contribution in [0.25, 0.3) is 0 Å². The van der Waals surface area contributed by atoms with Gasteiger partial charge in [-0.15, -0.1) is 0 Å². The van der Waals surface area contributed by atoms with Gasteiger partial charge in [-0.3, -0.25) is 0 Å². The maximum atomic E-state index is 12.3. The molecule has 0 aliphatic rings. The second kappa shape index (κ2) is 9.73. The van der Waals surface area contributed by atoms with Crippen LogP contribution in [0.5, 0.6) is 0 Å². The summed E-state index contributed by atoms with van der Waals surface area (Å²) in [5.74, 6) is 0. The van der Waals surface area contributed by atoms with Gasteiger partial charge in [-0.2, -0.15) is 0 Å². The summed E-state index contributed by atoms with van der Waals surface area (Å²) in [5.41, 5.74) is 0.615. The average molecular weight is 316 g/mol. The van der Waals surface area contributed by atoms with Gasteiger partial charge in [0.1, 0.15) is 4.90 Å². The Morgan fingerprint density at radius 3 is 2.62 bits per heavy atom. The highest BCUT2D eigenvalue weighted by Gasteiger charge is 2.16. The Morgan fingerprint density at radius 2 is 1.90 bits per heavy atom. The Morgan fingerprint density at radius 1 is 1.14 bits per heavy atom. The first-order valence-corrected chi connectivity index (χ1v) is 8.49. The fourth-order valence-electron chi connectivity index (χ4n) is 1.74. The summed E-state index contributed by atoms with van der Waals surface area (Å²) < 4.78 is 37.2. The van der Waals surface area contributed by atoms with Crippen LogP contribution in [-0.2, 0) is 19.5 Å². The van der Waals surface area contributed by atoms with Crippen LogP contribution in [0.4, 0.5) is 5.69 Å². The van der Waals surface area contributed by atoms with Crippen LogP contribution in [0.2, 0.25) is 0 Å². The third kappa shape index (κ3) is 6.43. The van der Waals surface area contributed by atoms with Crippen LogP contribution in [0.15, 0.2) is 29.2 Å². The van der Waals surface area contributed by atoms with Crippen molar-refractivity contribution in [3.8, 4) is 0 Å². The second-order valence-electron chi connectivity index (χ2n) is 4.38. The molecule has 0 heterocycles. The number of benzene rings is 1. The Kier molecular flexibility index (Phi) is 8.29. The molecule has 0 saturated carbocycles. The van der Waals surface area contributed by atoms with E-state index in [4.69, 9.17) is 9.47 Å². The van der Waals surface area contributed by atoms with Gasteiger partial charge in [-0.25, -0.2) is 13.1 Å². The van der Waals surface area contributed by atoms with Crippen molar-refractivity contribution in [2.45, 2.75) is 18.2 Å². The number of nitrogens with one attached hydrogen (secondary N) is 2. The molecule has 1 aromatic carbocycles. The highest BCUT2D eigenvalue weighted by molar-refractivity contribution is 7.89. The Bertz CT molecular complexity index is 505. The Balaban J connectivity index is 2.46. The van der Waals surface area contributed by atoms with Gasteiger partial charge in [-0.05, 0) is 25.5 Å². The average Bonchev–Trinajstić information content (AvgIpc) is 2.47. The molecular weight excluding hydrogens is 292 g/mol. The van der Waals surface area contributed by atoms with Crippen LogP contribution in [0.1, 0.15) is 13.3 Å². The molecule has 120 valence electrons. The number of methoxy groups -OCH3 is 1. The van der Waals surface area contributed by atoms with E-state index in [-0.39, 0.29) is 4.90 Å². The number of para-hydroxylation sites is 1. The first kappa shape index (κ1) is 17.9. The summed E-state index contributed by atoms with van der Waals surface area (Å²) in [6, 6.07) is 6.87. The van der Waals surface area contributed by atoms with Crippen molar-refractivity contribution in [1.82, 2.24) is 4.72 Å². The van der Waals surface area contributed by atoms with E-state index in [1.165, 1.54) is 0 Å². The van der Waals surface area contributed by atoms with Crippen LogP contribution >= 0.6 is 0 Å². The highest BCUT2D eigenvalue weighted by atomic mass is 32.2. The number of hydrogen-bond acceptors (Lipinski definition) is 5. The molecule has 0 radical (unpaired) electrons. The molecule has 2 N–H and O–H groups in total. The topological polar surface area (TPSA) is 76.7 Å². The lowest BCUT2D eigenvalue weighted by molar-refractivity contribution is 0.0699. The highest BCUT2D eigenvalue weighted by Crippen LogP contribution is 2.20. The van der Waals surface area contributed by atoms with Crippen LogP contribution in [0.3, 0.4) is 0 Å². The first-order chi connectivity index (χ1) is 10.1. The molecule has 0 unspecified atom stereocenters. The van der Waals surface area contributed by atoms with Gasteiger partial charge in [0.15, 0.2) is 0 Å². The Hall–Kier alpha value is -1.15. The smallest absolute Gasteiger partial charge is 0.242 e. The van der Waals surface area contributed by atoms with Crippen molar-refractivity contribution in [2.75, 3.05) is 45.3 Å². The van der Waals surface area contributed by atoms with Gasteiger partial charge in [0, 0.05) is 26.8 Å².